The highest BCUT2D eigenvalue weighted by atomic mass is 35.5. The third-order valence-corrected chi connectivity index (χ3v) is 4.44. The van der Waals surface area contributed by atoms with E-state index in [0.29, 0.717) is 48.0 Å². The van der Waals surface area contributed by atoms with Crippen LogP contribution in [0.15, 0.2) is 34.9 Å². The van der Waals surface area contributed by atoms with E-state index in [4.69, 9.17) is 16.0 Å². The van der Waals surface area contributed by atoms with Crippen LogP contribution < -0.4 is 5.32 Å². The Labute approximate surface area is 154 Å². The number of rotatable bonds is 8. The molecule has 1 amide bonds. The molecule has 136 valence electrons. The fraction of sp³-hybridized carbons (Fsp3) is 0.474. The molecule has 1 N–H and O–H groups in total. The van der Waals surface area contributed by atoms with Gasteiger partial charge < -0.3 is 14.6 Å². The van der Waals surface area contributed by atoms with E-state index >= 15 is 0 Å². The number of halogens is 1. The first-order chi connectivity index (χ1) is 11.9. The van der Waals surface area contributed by atoms with Crippen LogP contribution in [-0.4, -0.2) is 42.5 Å². The summed E-state index contributed by atoms with van der Waals surface area (Å²) in [7, 11) is 4.06. The van der Waals surface area contributed by atoms with Gasteiger partial charge in [-0.15, -0.1) is 0 Å². The third kappa shape index (κ3) is 5.87. The lowest BCUT2D eigenvalue weighted by Gasteiger charge is -2.28. The lowest BCUT2D eigenvalue weighted by atomic mass is 10.0. The number of hydrogen-bond donors (Lipinski definition) is 1. The van der Waals surface area contributed by atoms with Gasteiger partial charge in [-0.1, -0.05) is 25.4 Å². The zero-order chi connectivity index (χ0) is 18.4. The molecule has 0 fully saturated rings. The van der Waals surface area contributed by atoms with Crippen molar-refractivity contribution in [2.45, 2.75) is 32.7 Å². The summed E-state index contributed by atoms with van der Waals surface area (Å²) in [6.45, 7) is 4.95. The number of aromatic nitrogens is 1. The van der Waals surface area contributed by atoms with Gasteiger partial charge in [0.1, 0.15) is 0 Å². The van der Waals surface area contributed by atoms with Crippen molar-refractivity contribution in [1.29, 1.82) is 0 Å². The topological polar surface area (TPSA) is 58.4 Å². The molecular formula is C19H26ClN3O2. The molecule has 0 aliphatic heterocycles. The van der Waals surface area contributed by atoms with Crippen LogP contribution in [0.3, 0.4) is 0 Å². The Morgan fingerprint density at radius 2 is 1.96 bits per heavy atom. The second kappa shape index (κ2) is 9.02. The number of carbonyl (C=O) groups is 1. The average molecular weight is 364 g/mol. The van der Waals surface area contributed by atoms with Crippen LogP contribution in [0.4, 0.5) is 0 Å². The van der Waals surface area contributed by atoms with Crippen LogP contribution in [0.2, 0.25) is 5.02 Å². The maximum atomic E-state index is 12.1. The summed E-state index contributed by atoms with van der Waals surface area (Å²) in [6.07, 6.45) is 2.52. The molecule has 1 unspecified atom stereocenters. The average Bonchev–Trinajstić information content (AvgIpc) is 3.02. The number of hydrogen-bond acceptors (Lipinski definition) is 4. The zero-order valence-electron chi connectivity index (χ0n) is 15.3. The maximum absolute atomic E-state index is 12.1. The Morgan fingerprint density at radius 1 is 1.28 bits per heavy atom. The van der Waals surface area contributed by atoms with E-state index in [1.807, 2.05) is 38.4 Å². The summed E-state index contributed by atoms with van der Waals surface area (Å²) < 4.78 is 5.72. The summed E-state index contributed by atoms with van der Waals surface area (Å²) in [6, 6.07) is 7.70. The predicted octanol–water partition coefficient (Wildman–Crippen LogP) is 3.63. The molecule has 1 aromatic carbocycles. The zero-order valence-corrected chi connectivity index (χ0v) is 16.0. The second-order valence-corrected chi connectivity index (χ2v) is 7.14. The fourth-order valence-corrected chi connectivity index (χ4v) is 2.84. The van der Waals surface area contributed by atoms with Crippen LogP contribution in [0.1, 0.15) is 26.2 Å². The van der Waals surface area contributed by atoms with Crippen molar-refractivity contribution < 1.29 is 9.21 Å². The molecule has 1 aromatic heterocycles. The molecule has 0 radical (unpaired) electrons. The first-order valence-electron chi connectivity index (χ1n) is 8.50. The number of nitrogens with zero attached hydrogens (tertiary/aromatic N) is 2. The molecule has 2 rings (SSSR count). The van der Waals surface area contributed by atoms with Crippen molar-refractivity contribution >= 4 is 17.5 Å². The van der Waals surface area contributed by atoms with Crippen molar-refractivity contribution in [3.05, 3.63) is 41.4 Å². The molecule has 0 saturated heterocycles. The molecule has 0 spiro atoms. The van der Waals surface area contributed by atoms with Crippen LogP contribution in [-0.2, 0) is 11.2 Å². The van der Waals surface area contributed by atoms with Gasteiger partial charge in [0, 0.05) is 36.0 Å². The van der Waals surface area contributed by atoms with E-state index in [9.17, 15) is 4.79 Å². The predicted molar refractivity (Wildman–Crippen MR) is 101 cm³/mol. The molecule has 0 saturated carbocycles. The van der Waals surface area contributed by atoms with Crippen LogP contribution in [0.25, 0.3) is 11.3 Å². The number of amides is 1. The van der Waals surface area contributed by atoms with E-state index in [1.165, 1.54) is 0 Å². The van der Waals surface area contributed by atoms with Gasteiger partial charge >= 0.3 is 0 Å². The third-order valence-electron chi connectivity index (χ3n) is 4.19. The summed E-state index contributed by atoms with van der Waals surface area (Å²) >= 11 is 5.89. The summed E-state index contributed by atoms with van der Waals surface area (Å²) in [5.74, 6) is 1.73. The Kier molecular flexibility index (Phi) is 7.02. The van der Waals surface area contributed by atoms with Crippen molar-refractivity contribution in [3.8, 4) is 11.3 Å². The first kappa shape index (κ1) is 19.5. The highest BCUT2D eigenvalue weighted by Gasteiger charge is 2.17. The molecule has 1 heterocycles. The fourth-order valence-electron chi connectivity index (χ4n) is 2.72. The molecule has 0 bridgehead atoms. The summed E-state index contributed by atoms with van der Waals surface area (Å²) in [4.78, 5) is 18.5. The number of nitrogens with one attached hydrogen (secondary N) is 1. The van der Waals surface area contributed by atoms with Crippen molar-refractivity contribution in [1.82, 2.24) is 15.2 Å². The largest absolute Gasteiger partial charge is 0.441 e. The minimum atomic E-state index is 0.0127. The summed E-state index contributed by atoms with van der Waals surface area (Å²) in [5.41, 5.74) is 0.915. The van der Waals surface area contributed by atoms with Gasteiger partial charge in [-0.3, -0.25) is 4.79 Å². The van der Waals surface area contributed by atoms with Gasteiger partial charge in [0.15, 0.2) is 11.7 Å². The van der Waals surface area contributed by atoms with Crippen LogP contribution in [0, 0.1) is 5.92 Å². The van der Waals surface area contributed by atoms with E-state index < -0.39 is 0 Å². The Hall–Kier alpha value is -1.85. The van der Waals surface area contributed by atoms with E-state index in [1.54, 1.807) is 6.20 Å². The van der Waals surface area contributed by atoms with Gasteiger partial charge in [-0.25, -0.2) is 4.98 Å². The van der Waals surface area contributed by atoms with Crippen LogP contribution in [0.5, 0.6) is 0 Å². The van der Waals surface area contributed by atoms with Gasteiger partial charge in [-0.05, 0) is 44.3 Å². The highest BCUT2D eigenvalue weighted by molar-refractivity contribution is 6.30. The minimum Gasteiger partial charge on any atom is -0.441 e. The molecule has 6 heteroatoms. The van der Waals surface area contributed by atoms with Crippen LogP contribution >= 0.6 is 11.6 Å². The quantitative estimate of drug-likeness (QED) is 0.778. The molecule has 0 aliphatic carbocycles. The van der Waals surface area contributed by atoms with Gasteiger partial charge in [0.2, 0.25) is 5.91 Å². The van der Waals surface area contributed by atoms with E-state index in [0.717, 1.165) is 5.56 Å². The molecule has 2 aromatic rings. The van der Waals surface area contributed by atoms with Crippen molar-refractivity contribution in [2.24, 2.45) is 5.92 Å². The lowest BCUT2D eigenvalue weighted by molar-refractivity contribution is -0.121. The Balaban J connectivity index is 1.83. The maximum Gasteiger partial charge on any atom is 0.220 e. The SMILES string of the molecule is CC(C)C(CNC(=O)CCc1ncc(-c2ccc(Cl)cc2)o1)N(C)C. The molecule has 1 atom stereocenters. The Morgan fingerprint density at radius 3 is 2.56 bits per heavy atom. The number of benzene rings is 1. The normalized spacial score (nSPS) is 12.6. The van der Waals surface area contributed by atoms with E-state index in [-0.39, 0.29) is 5.91 Å². The van der Waals surface area contributed by atoms with Crippen molar-refractivity contribution in [2.75, 3.05) is 20.6 Å². The molecule has 0 aliphatic rings. The first-order valence-corrected chi connectivity index (χ1v) is 8.88. The second-order valence-electron chi connectivity index (χ2n) is 6.70. The van der Waals surface area contributed by atoms with Gasteiger partial charge in [0.05, 0.1) is 6.20 Å². The molecular weight excluding hydrogens is 338 g/mol. The molecule has 5 nitrogen and oxygen atoms in total. The number of carbonyl (C=O) groups excluding carboxylic acids is 1. The highest BCUT2D eigenvalue weighted by Crippen LogP contribution is 2.22. The monoisotopic (exact) mass is 363 g/mol. The minimum absolute atomic E-state index is 0.0127. The molecule has 25 heavy (non-hydrogen) atoms. The number of aryl methyl sites for hydroxylation is 1. The van der Waals surface area contributed by atoms with Crippen molar-refractivity contribution in [3.63, 3.8) is 0 Å². The number of oxazole rings is 1. The number of likely N-dealkylation sites (N-methyl/N-ethyl adjacent to an activating group) is 1. The van der Waals surface area contributed by atoms with E-state index in [2.05, 4.69) is 29.0 Å². The lowest BCUT2D eigenvalue weighted by Crippen LogP contribution is -2.43. The Bertz CT molecular complexity index is 672. The smallest absolute Gasteiger partial charge is 0.220 e. The van der Waals surface area contributed by atoms with Gasteiger partial charge in [0.25, 0.3) is 0 Å². The van der Waals surface area contributed by atoms with Gasteiger partial charge in [-0.2, -0.15) is 0 Å². The summed E-state index contributed by atoms with van der Waals surface area (Å²) in [5, 5.41) is 3.67. The standard InChI is InChI=1S/C19H26ClN3O2/c1-13(2)16(23(3)4)11-21-18(24)9-10-19-22-12-17(25-19)14-5-7-15(20)8-6-14/h5-8,12-13,16H,9-11H2,1-4H3,(H,21,24).